The molecule has 2 amide bonds. The second-order valence-corrected chi connectivity index (χ2v) is 9.21. The number of fused-ring (bicyclic) bond motifs is 1. The quantitative estimate of drug-likeness (QED) is 0.447. The average Bonchev–Trinajstić information content (AvgIpc) is 3.51. The molecule has 2 N–H and O–H groups in total. The number of anilines is 1. The summed E-state index contributed by atoms with van der Waals surface area (Å²) in [6.45, 7) is 1.43. The Hall–Kier alpha value is -3.62. The van der Waals surface area contributed by atoms with Crippen molar-refractivity contribution in [3.05, 3.63) is 88.1 Å². The standard InChI is InChI=1S/C25H20N2O5S/c1-14(28)15-9-11-17(12-10-15)27-22(29)19-20(23(27)30)25(24(31)32,16-6-3-2-4-7-16)26-21(19)18-8-5-13-33-18/h2-13,19-21,26H,1H3,(H,31,32). The number of nitrogens with one attached hydrogen (secondary N) is 1. The SMILES string of the molecule is CC(=O)c1ccc(N2C(=O)C3C(c4cccs4)NC(C(=O)O)(c4ccccc4)C3C2=O)cc1. The van der Waals surface area contributed by atoms with Crippen molar-refractivity contribution in [3.8, 4) is 0 Å². The van der Waals surface area contributed by atoms with Crippen LogP contribution < -0.4 is 10.2 Å². The highest BCUT2D eigenvalue weighted by Crippen LogP contribution is 2.54. The van der Waals surface area contributed by atoms with E-state index in [1.807, 2.05) is 17.5 Å². The minimum atomic E-state index is -1.76. The number of hydrogen-bond acceptors (Lipinski definition) is 6. The zero-order valence-corrected chi connectivity index (χ0v) is 18.4. The van der Waals surface area contributed by atoms with Gasteiger partial charge in [-0.2, -0.15) is 0 Å². The van der Waals surface area contributed by atoms with Crippen LogP contribution >= 0.6 is 11.3 Å². The zero-order valence-electron chi connectivity index (χ0n) is 17.6. The minimum absolute atomic E-state index is 0.131. The van der Waals surface area contributed by atoms with Gasteiger partial charge in [-0.05, 0) is 48.2 Å². The van der Waals surface area contributed by atoms with Gasteiger partial charge >= 0.3 is 5.97 Å². The number of imide groups is 1. The lowest BCUT2D eigenvalue weighted by atomic mass is 9.76. The lowest BCUT2D eigenvalue weighted by molar-refractivity contribution is -0.149. The largest absolute Gasteiger partial charge is 0.480 e. The molecule has 8 heteroatoms. The molecular formula is C25H20N2O5S. The van der Waals surface area contributed by atoms with Gasteiger partial charge in [-0.15, -0.1) is 11.3 Å². The van der Waals surface area contributed by atoms with Crippen LogP contribution in [0, 0.1) is 11.8 Å². The number of carbonyl (C=O) groups is 4. The van der Waals surface area contributed by atoms with Gasteiger partial charge in [0.25, 0.3) is 0 Å². The van der Waals surface area contributed by atoms with Gasteiger partial charge < -0.3 is 5.11 Å². The first-order valence-corrected chi connectivity index (χ1v) is 11.3. The first kappa shape index (κ1) is 21.2. The Morgan fingerprint density at radius 2 is 1.67 bits per heavy atom. The molecule has 3 heterocycles. The Labute approximate surface area is 193 Å². The number of rotatable bonds is 5. The van der Waals surface area contributed by atoms with Crippen molar-refractivity contribution in [1.29, 1.82) is 0 Å². The molecule has 2 aliphatic rings. The van der Waals surface area contributed by atoms with Crippen LogP contribution in [0.15, 0.2) is 72.1 Å². The summed E-state index contributed by atoms with van der Waals surface area (Å²) in [6.07, 6.45) is 0. The number of carbonyl (C=O) groups excluding carboxylic acids is 3. The van der Waals surface area contributed by atoms with Crippen molar-refractivity contribution in [2.45, 2.75) is 18.5 Å². The van der Waals surface area contributed by atoms with E-state index in [4.69, 9.17) is 0 Å². The highest BCUT2D eigenvalue weighted by atomic mass is 32.1. The molecule has 0 saturated carbocycles. The molecule has 1 aromatic heterocycles. The molecule has 166 valence electrons. The van der Waals surface area contributed by atoms with Crippen molar-refractivity contribution in [2.24, 2.45) is 11.8 Å². The molecule has 3 aromatic rings. The van der Waals surface area contributed by atoms with Crippen molar-refractivity contribution in [3.63, 3.8) is 0 Å². The summed E-state index contributed by atoms with van der Waals surface area (Å²) < 4.78 is 0. The number of carboxylic acids is 1. The molecule has 2 aliphatic heterocycles. The molecule has 0 aliphatic carbocycles. The number of hydrogen-bond donors (Lipinski definition) is 2. The second kappa shape index (κ2) is 7.75. The molecule has 33 heavy (non-hydrogen) atoms. The van der Waals surface area contributed by atoms with Crippen molar-refractivity contribution in [2.75, 3.05) is 4.90 Å². The van der Waals surface area contributed by atoms with Gasteiger partial charge in [0.05, 0.1) is 23.6 Å². The number of thiophene rings is 1. The first-order valence-electron chi connectivity index (χ1n) is 10.4. The molecule has 0 bridgehead atoms. The van der Waals surface area contributed by atoms with Crippen LogP contribution in [0.2, 0.25) is 0 Å². The van der Waals surface area contributed by atoms with Crippen LogP contribution in [0.4, 0.5) is 5.69 Å². The highest BCUT2D eigenvalue weighted by molar-refractivity contribution is 7.10. The van der Waals surface area contributed by atoms with Crippen LogP contribution in [-0.4, -0.2) is 28.7 Å². The van der Waals surface area contributed by atoms with Gasteiger partial charge in [-0.1, -0.05) is 36.4 Å². The number of benzene rings is 2. The van der Waals surface area contributed by atoms with Crippen LogP contribution in [0.1, 0.15) is 33.8 Å². The highest BCUT2D eigenvalue weighted by Gasteiger charge is 2.69. The van der Waals surface area contributed by atoms with Crippen molar-refractivity contribution >= 4 is 40.6 Å². The summed E-state index contributed by atoms with van der Waals surface area (Å²) in [5.41, 5.74) is -0.565. The smallest absolute Gasteiger partial charge is 0.329 e. The van der Waals surface area contributed by atoms with E-state index in [1.165, 1.54) is 18.3 Å². The number of Topliss-reactive ketones (excluding diaryl/α,β-unsaturated/α-hetero) is 1. The molecular weight excluding hydrogens is 440 g/mol. The van der Waals surface area contributed by atoms with E-state index in [0.717, 1.165) is 9.78 Å². The number of amides is 2. The molecule has 7 nitrogen and oxygen atoms in total. The normalized spacial score (nSPS) is 26.5. The number of carboxylic acid groups (broad SMARTS) is 1. The van der Waals surface area contributed by atoms with Crippen LogP contribution in [0.3, 0.4) is 0 Å². The minimum Gasteiger partial charge on any atom is -0.480 e. The second-order valence-electron chi connectivity index (χ2n) is 8.24. The topological polar surface area (TPSA) is 104 Å². The Morgan fingerprint density at radius 1 is 0.970 bits per heavy atom. The molecule has 4 unspecified atom stereocenters. The van der Waals surface area contributed by atoms with Gasteiger partial charge in [-0.25, -0.2) is 9.69 Å². The van der Waals surface area contributed by atoms with Crippen LogP contribution in [0.25, 0.3) is 0 Å². The van der Waals surface area contributed by atoms with E-state index in [9.17, 15) is 24.3 Å². The molecule has 2 saturated heterocycles. The zero-order chi connectivity index (χ0) is 23.3. The van der Waals surface area contributed by atoms with E-state index in [0.29, 0.717) is 16.8 Å². The summed E-state index contributed by atoms with van der Waals surface area (Å²) in [4.78, 5) is 53.8. The first-order chi connectivity index (χ1) is 15.9. The summed E-state index contributed by atoms with van der Waals surface area (Å²) in [5.74, 6) is -4.39. The number of ketones is 1. The Morgan fingerprint density at radius 3 is 2.24 bits per heavy atom. The van der Waals surface area contributed by atoms with E-state index < -0.39 is 41.2 Å². The predicted molar refractivity (Wildman–Crippen MR) is 122 cm³/mol. The molecule has 0 spiro atoms. The van der Waals surface area contributed by atoms with E-state index in [-0.39, 0.29) is 5.78 Å². The lowest BCUT2D eigenvalue weighted by Gasteiger charge is -2.31. The molecule has 2 aromatic carbocycles. The fourth-order valence-corrected chi connectivity index (χ4v) is 5.83. The Balaban J connectivity index is 1.67. The molecule has 4 atom stereocenters. The fourth-order valence-electron chi connectivity index (χ4n) is 5.01. The summed E-state index contributed by atoms with van der Waals surface area (Å²) in [7, 11) is 0. The van der Waals surface area contributed by atoms with Gasteiger partial charge in [0, 0.05) is 10.4 Å². The third-order valence-electron chi connectivity index (χ3n) is 6.51. The van der Waals surface area contributed by atoms with Crippen molar-refractivity contribution in [1.82, 2.24) is 5.32 Å². The van der Waals surface area contributed by atoms with Gasteiger partial charge in [-0.3, -0.25) is 19.7 Å². The molecule has 0 radical (unpaired) electrons. The number of aliphatic carboxylic acids is 1. The van der Waals surface area contributed by atoms with Crippen LogP contribution in [0.5, 0.6) is 0 Å². The summed E-state index contributed by atoms with van der Waals surface area (Å²) in [5, 5.41) is 15.5. The average molecular weight is 461 g/mol. The van der Waals surface area contributed by atoms with Gasteiger partial charge in [0.1, 0.15) is 0 Å². The van der Waals surface area contributed by atoms with E-state index in [2.05, 4.69) is 5.32 Å². The fraction of sp³-hybridized carbons (Fsp3) is 0.200. The lowest BCUT2D eigenvalue weighted by Crippen LogP contribution is -2.53. The monoisotopic (exact) mass is 460 g/mol. The van der Waals surface area contributed by atoms with Gasteiger partial charge in [0.2, 0.25) is 11.8 Å². The van der Waals surface area contributed by atoms with Crippen molar-refractivity contribution < 1.29 is 24.3 Å². The maximum Gasteiger partial charge on any atom is 0.329 e. The van der Waals surface area contributed by atoms with E-state index >= 15 is 0 Å². The summed E-state index contributed by atoms with van der Waals surface area (Å²) in [6, 6.07) is 17.8. The predicted octanol–water partition coefficient (Wildman–Crippen LogP) is 3.38. The third kappa shape index (κ3) is 3.06. The third-order valence-corrected chi connectivity index (χ3v) is 7.46. The maximum absolute atomic E-state index is 13.8. The van der Waals surface area contributed by atoms with Crippen LogP contribution in [-0.2, 0) is 19.9 Å². The Bertz CT molecular complexity index is 1260. The maximum atomic E-state index is 13.8. The van der Waals surface area contributed by atoms with E-state index in [1.54, 1.807) is 54.6 Å². The molecule has 5 rings (SSSR count). The van der Waals surface area contributed by atoms with Gasteiger partial charge in [0.15, 0.2) is 11.3 Å². The summed E-state index contributed by atoms with van der Waals surface area (Å²) >= 11 is 1.41. The molecule has 2 fully saturated rings. The Kier molecular flexibility index (Phi) is 4.99. The number of nitrogens with zero attached hydrogens (tertiary/aromatic N) is 1.